The molecule has 2 aliphatic rings. The Hall–Kier alpha value is -4.52. The third-order valence-corrected chi connectivity index (χ3v) is 6.84. The summed E-state index contributed by atoms with van der Waals surface area (Å²) in [5.74, 6) is 1.50. The summed E-state index contributed by atoms with van der Waals surface area (Å²) in [5, 5.41) is 0.695. The Labute approximate surface area is 201 Å². The molecule has 7 nitrogen and oxygen atoms in total. The van der Waals surface area contributed by atoms with Crippen molar-refractivity contribution in [3.8, 4) is 17.0 Å². The maximum Gasteiger partial charge on any atom is 0.226 e. The number of benzene rings is 2. The van der Waals surface area contributed by atoms with E-state index in [1.165, 1.54) is 5.56 Å². The van der Waals surface area contributed by atoms with E-state index in [9.17, 15) is 4.79 Å². The van der Waals surface area contributed by atoms with Gasteiger partial charge in [-0.2, -0.15) is 0 Å². The third kappa shape index (κ3) is 3.19. The Kier molecular flexibility index (Phi) is 4.42. The van der Waals surface area contributed by atoms with Gasteiger partial charge >= 0.3 is 0 Å². The van der Waals surface area contributed by atoms with Crippen LogP contribution in [0.5, 0.6) is 5.75 Å². The molecule has 5 aromatic rings. The average Bonchev–Trinajstić information content (AvgIpc) is 3.54. The van der Waals surface area contributed by atoms with Gasteiger partial charge in [-0.25, -0.2) is 9.97 Å². The summed E-state index contributed by atoms with van der Waals surface area (Å²) in [7, 11) is 0. The number of H-pyrrole nitrogens is 1. The molecule has 7 heteroatoms. The van der Waals surface area contributed by atoms with Crippen molar-refractivity contribution in [1.29, 1.82) is 0 Å². The molecule has 1 atom stereocenters. The van der Waals surface area contributed by atoms with Crippen LogP contribution in [0.2, 0.25) is 0 Å². The molecule has 0 bridgehead atoms. The quantitative estimate of drug-likeness (QED) is 0.430. The van der Waals surface area contributed by atoms with Gasteiger partial charge < -0.3 is 14.6 Å². The Bertz CT molecular complexity index is 1630. The number of rotatable bonds is 3. The Balaban J connectivity index is 1.37. The molecule has 0 fully saturated rings. The number of hydrogen-bond acceptors (Lipinski definition) is 6. The maximum atomic E-state index is 13.5. The predicted molar refractivity (Wildman–Crippen MR) is 133 cm³/mol. The standard InChI is InChI=1S/C28H21N5O2/c34-27-20-5-1-2-7-23(20)32-25-21(27)16-33(26(25)18-8-9-24-17(13-18)10-12-35-24)28-30-14-19(15-31-28)22-6-3-4-11-29-22/h1-9,11,13-15,26H,10,12,16H2,(H,32,34)/t26-/m0/s1. The molecule has 5 heterocycles. The van der Waals surface area contributed by atoms with Gasteiger partial charge in [0.05, 0.1) is 30.6 Å². The molecule has 0 saturated heterocycles. The predicted octanol–water partition coefficient (Wildman–Crippen LogP) is 4.42. The molecule has 0 saturated carbocycles. The number of anilines is 1. The minimum atomic E-state index is -0.214. The van der Waals surface area contributed by atoms with E-state index in [0.717, 1.165) is 45.8 Å². The number of para-hydroxylation sites is 1. The number of nitrogens with zero attached hydrogens (tertiary/aromatic N) is 4. The summed E-state index contributed by atoms with van der Waals surface area (Å²) in [5.41, 5.74) is 6.46. The molecule has 0 aliphatic carbocycles. The molecule has 2 aromatic carbocycles. The van der Waals surface area contributed by atoms with Crippen LogP contribution >= 0.6 is 0 Å². The van der Waals surface area contributed by atoms with Gasteiger partial charge in [0, 0.05) is 47.0 Å². The first-order valence-corrected chi connectivity index (χ1v) is 11.7. The molecular weight excluding hydrogens is 438 g/mol. The van der Waals surface area contributed by atoms with Gasteiger partial charge in [0.15, 0.2) is 5.43 Å². The lowest BCUT2D eigenvalue weighted by Crippen LogP contribution is -2.25. The van der Waals surface area contributed by atoms with Crippen molar-refractivity contribution in [2.75, 3.05) is 11.5 Å². The average molecular weight is 460 g/mol. The summed E-state index contributed by atoms with van der Waals surface area (Å²) in [6.07, 6.45) is 6.22. The molecule has 0 radical (unpaired) electrons. The molecule has 3 aromatic heterocycles. The van der Waals surface area contributed by atoms with Crippen molar-refractivity contribution in [1.82, 2.24) is 19.9 Å². The number of fused-ring (bicyclic) bond motifs is 3. The number of hydrogen-bond donors (Lipinski definition) is 1. The summed E-state index contributed by atoms with van der Waals surface area (Å²) in [6, 6.07) is 19.5. The largest absolute Gasteiger partial charge is 0.493 e. The van der Waals surface area contributed by atoms with Crippen LogP contribution in [-0.4, -0.2) is 26.5 Å². The zero-order valence-corrected chi connectivity index (χ0v) is 18.8. The molecule has 2 aliphatic heterocycles. The van der Waals surface area contributed by atoms with Crippen molar-refractivity contribution in [2.24, 2.45) is 0 Å². The van der Waals surface area contributed by atoms with Crippen molar-refractivity contribution in [2.45, 2.75) is 19.0 Å². The van der Waals surface area contributed by atoms with Crippen LogP contribution < -0.4 is 15.1 Å². The minimum absolute atomic E-state index is 0.0523. The second-order valence-corrected chi connectivity index (χ2v) is 8.87. The first-order valence-electron chi connectivity index (χ1n) is 11.7. The zero-order chi connectivity index (χ0) is 23.4. The summed E-state index contributed by atoms with van der Waals surface area (Å²) >= 11 is 0. The fraction of sp³-hybridized carbons (Fsp3) is 0.143. The third-order valence-electron chi connectivity index (χ3n) is 6.84. The van der Waals surface area contributed by atoms with E-state index in [4.69, 9.17) is 14.7 Å². The summed E-state index contributed by atoms with van der Waals surface area (Å²) < 4.78 is 5.73. The van der Waals surface area contributed by atoms with Gasteiger partial charge in [-0.15, -0.1) is 0 Å². The van der Waals surface area contributed by atoms with Crippen LogP contribution in [0.3, 0.4) is 0 Å². The summed E-state index contributed by atoms with van der Waals surface area (Å²) in [4.78, 5) is 32.9. The second kappa shape index (κ2) is 7.77. The SMILES string of the molecule is O=c1c2c([nH]c3ccccc13)[C@H](c1ccc3c(c1)CCO3)N(c1ncc(-c3ccccn3)cn1)C2. The minimum Gasteiger partial charge on any atom is -0.493 e. The van der Waals surface area contributed by atoms with Gasteiger partial charge in [0.25, 0.3) is 0 Å². The molecule has 35 heavy (non-hydrogen) atoms. The molecule has 0 spiro atoms. The van der Waals surface area contributed by atoms with E-state index in [1.54, 1.807) is 18.6 Å². The molecule has 7 rings (SSSR count). The maximum absolute atomic E-state index is 13.5. The number of aromatic nitrogens is 4. The lowest BCUT2D eigenvalue weighted by Gasteiger charge is -2.26. The monoisotopic (exact) mass is 459 g/mol. The fourth-order valence-corrected chi connectivity index (χ4v) is 5.15. The van der Waals surface area contributed by atoms with Crippen LogP contribution in [0.1, 0.15) is 28.4 Å². The molecule has 170 valence electrons. The highest BCUT2D eigenvalue weighted by Gasteiger charge is 2.36. The van der Waals surface area contributed by atoms with Gasteiger partial charge in [0.1, 0.15) is 5.75 Å². The van der Waals surface area contributed by atoms with Crippen LogP contribution in [0.4, 0.5) is 5.95 Å². The lowest BCUT2D eigenvalue weighted by atomic mass is 9.98. The highest BCUT2D eigenvalue weighted by atomic mass is 16.5. The second-order valence-electron chi connectivity index (χ2n) is 8.87. The van der Waals surface area contributed by atoms with Crippen molar-refractivity contribution in [3.63, 3.8) is 0 Å². The van der Waals surface area contributed by atoms with Crippen molar-refractivity contribution in [3.05, 3.63) is 112 Å². The van der Waals surface area contributed by atoms with E-state index in [1.807, 2.05) is 48.5 Å². The Morgan fingerprint density at radius 2 is 1.83 bits per heavy atom. The smallest absolute Gasteiger partial charge is 0.226 e. The van der Waals surface area contributed by atoms with E-state index < -0.39 is 0 Å². The van der Waals surface area contributed by atoms with Gasteiger partial charge in [-0.3, -0.25) is 9.78 Å². The van der Waals surface area contributed by atoms with Crippen LogP contribution in [-0.2, 0) is 13.0 Å². The van der Waals surface area contributed by atoms with Crippen LogP contribution in [0, 0.1) is 0 Å². The first-order chi connectivity index (χ1) is 17.3. The van der Waals surface area contributed by atoms with Crippen molar-refractivity contribution >= 4 is 16.9 Å². The molecular formula is C28H21N5O2. The molecule has 0 amide bonds. The van der Waals surface area contributed by atoms with Gasteiger partial charge in [-0.1, -0.05) is 24.3 Å². The Morgan fingerprint density at radius 3 is 2.69 bits per heavy atom. The number of pyridine rings is 2. The van der Waals surface area contributed by atoms with Crippen LogP contribution in [0.15, 0.2) is 84.0 Å². The normalized spacial score (nSPS) is 16.2. The fourth-order valence-electron chi connectivity index (χ4n) is 5.15. The lowest BCUT2D eigenvalue weighted by molar-refractivity contribution is 0.357. The number of aromatic amines is 1. The zero-order valence-electron chi connectivity index (χ0n) is 18.8. The van der Waals surface area contributed by atoms with Crippen molar-refractivity contribution < 1.29 is 4.74 Å². The number of nitrogens with one attached hydrogen (secondary N) is 1. The number of ether oxygens (including phenoxy) is 1. The highest BCUT2D eigenvalue weighted by Crippen LogP contribution is 2.41. The van der Waals surface area contributed by atoms with E-state index in [-0.39, 0.29) is 11.5 Å². The molecule has 1 N–H and O–H groups in total. The van der Waals surface area contributed by atoms with E-state index >= 15 is 0 Å². The van der Waals surface area contributed by atoms with Gasteiger partial charge in [-0.05, 0) is 47.5 Å². The van der Waals surface area contributed by atoms with E-state index in [0.29, 0.717) is 24.5 Å². The summed E-state index contributed by atoms with van der Waals surface area (Å²) in [6.45, 7) is 1.13. The highest BCUT2D eigenvalue weighted by molar-refractivity contribution is 5.80. The van der Waals surface area contributed by atoms with Crippen LogP contribution in [0.25, 0.3) is 22.2 Å². The molecule has 0 unspecified atom stereocenters. The van der Waals surface area contributed by atoms with Gasteiger partial charge in [0.2, 0.25) is 5.95 Å². The Morgan fingerprint density at radius 1 is 0.971 bits per heavy atom. The van der Waals surface area contributed by atoms with E-state index in [2.05, 4.69) is 27.0 Å². The first kappa shape index (κ1) is 19.9. The topological polar surface area (TPSA) is 84.0 Å².